The molecule has 1 atom stereocenters. The van der Waals surface area contributed by atoms with Crippen molar-refractivity contribution in [2.75, 3.05) is 0 Å². The minimum absolute atomic E-state index is 0.424. The lowest BCUT2D eigenvalue weighted by Crippen LogP contribution is -2.13. The van der Waals surface area contributed by atoms with Gasteiger partial charge in [-0.15, -0.1) is 0 Å². The zero-order valence-electron chi connectivity index (χ0n) is 8.83. The quantitative estimate of drug-likeness (QED) is 0.615. The number of nitrogens with zero attached hydrogens (tertiary/aromatic N) is 1. The molecule has 0 spiro atoms. The van der Waals surface area contributed by atoms with Crippen molar-refractivity contribution in [3.05, 3.63) is 42.1 Å². The van der Waals surface area contributed by atoms with Crippen LogP contribution in [-0.4, -0.2) is 27.6 Å². The highest BCUT2D eigenvalue weighted by atomic mass is 16.4. The Kier molecular flexibility index (Phi) is 3.00. The molecule has 0 aliphatic carbocycles. The fourth-order valence-corrected chi connectivity index (χ4v) is 1.68. The maximum atomic E-state index is 11.0. The monoisotopic (exact) mass is 230 g/mol. The first-order chi connectivity index (χ1) is 8.24. The fraction of sp³-hybridized carbons (Fsp3) is 0.0833. The summed E-state index contributed by atoms with van der Waals surface area (Å²) in [6, 6.07) is 8.56. The van der Waals surface area contributed by atoms with Crippen LogP contribution in [0.2, 0.25) is 0 Å². The van der Waals surface area contributed by atoms with E-state index >= 15 is 0 Å². The molecule has 86 valence electrons. The predicted octanol–water partition coefficient (Wildman–Crippen LogP) is 1.44. The lowest BCUT2D eigenvalue weighted by molar-refractivity contribution is -0.140. The molecular weight excluding hydrogens is 220 g/mol. The smallest absolute Gasteiger partial charge is 0.318 e. The van der Waals surface area contributed by atoms with Crippen LogP contribution in [0.3, 0.4) is 0 Å². The Labute approximate surface area is 97.1 Å². The SMILES string of the molecule is O=CC(C(=O)O)c1ccccc1-c1cc[nH]n1. The summed E-state index contributed by atoms with van der Waals surface area (Å²) < 4.78 is 0. The molecule has 1 aromatic carbocycles. The summed E-state index contributed by atoms with van der Waals surface area (Å²) in [6.45, 7) is 0. The van der Waals surface area contributed by atoms with Gasteiger partial charge in [0.1, 0.15) is 12.2 Å². The number of carbonyl (C=O) groups excluding carboxylic acids is 1. The molecule has 0 bridgehead atoms. The van der Waals surface area contributed by atoms with Crippen LogP contribution in [-0.2, 0) is 9.59 Å². The number of benzene rings is 1. The summed E-state index contributed by atoms with van der Waals surface area (Å²) in [7, 11) is 0. The molecule has 2 rings (SSSR count). The third-order valence-corrected chi connectivity index (χ3v) is 2.47. The number of carboxylic acids is 1. The van der Waals surface area contributed by atoms with Crippen LogP contribution in [0.4, 0.5) is 0 Å². The molecule has 5 heteroatoms. The molecule has 0 saturated carbocycles. The second-order valence-electron chi connectivity index (χ2n) is 3.50. The number of aromatic amines is 1. The van der Waals surface area contributed by atoms with Crippen LogP contribution in [0.25, 0.3) is 11.3 Å². The van der Waals surface area contributed by atoms with Crippen molar-refractivity contribution >= 4 is 12.3 Å². The first-order valence-electron chi connectivity index (χ1n) is 5.01. The van der Waals surface area contributed by atoms with Crippen molar-refractivity contribution < 1.29 is 14.7 Å². The lowest BCUT2D eigenvalue weighted by Gasteiger charge is -2.10. The van der Waals surface area contributed by atoms with Gasteiger partial charge in [-0.2, -0.15) is 5.10 Å². The van der Waals surface area contributed by atoms with Crippen molar-refractivity contribution in [2.24, 2.45) is 0 Å². The number of rotatable bonds is 4. The largest absolute Gasteiger partial charge is 0.480 e. The molecule has 5 nitrogen and oxygen atoms in total. The maximum Gasteiger partial charge on any atom is 0.318 e. The summed E-state index contributed by atoms with van der Waals surface area (Å²) >= 11 is 0. The van der Waals surface area contributed by atoms with Crippen molar-refractivity contribution in [3.8, 4) is 11.3 Å². The second-order valence-corrected chi connectivity index (χ2v) is 3.50. The van der Waals surface area contributed by atoms with Gasteiger partial charge in [0.15, 0.2) is 0 Å². The van der Waals surface area contributed by atoms with Gasteiger partial charge >= 0.3 is 5.97 Å². The number of carbonyl (C=O) groups is 2. The first-order valence-corrected chi connectivity index (χ1v) is 5.01. The van der Waals surface area contributed by atoms with E-state index in [1.807, 2.05) is 0 Å². The van der Waals surface area contributed by atoms with E-state index in [2.05, 4.69) is 10.2 Å². The third-order valence-electron chi connectivity index (χ3n) is 2.47. The summed E-state index contributed by atoms with van der Waals surface area (Å²) in [5, 5.41) is 15.6. The van der Waals surface area contributed by atoms with Crippen LogP contribution >= 0.6 is 0 Å². The number of H-pyrrole nitrogens is 1. The molecule has 0 aliphatic heterocycles. The number of carboxylic acid groups (broad SMARTS) is 1. The predicted molar refractivity (Wildman–Crippen MR) is 60.5 cm³/mol. The summed E-state index contributed by atoms with van der Waals surface area (Å²) in [6.07, 6.45) is 2.07. The van der Waals surface area contributed by atoms with Gasteiger partial charge in [-0.3, -0.25) is 9.89 Å². The maximum absolute atomic E-state index is 11.0. The molecule has 17 heavy (non-hydrogen) atoms. The van der Waals surface area contributed by atoms with Gasteiger partial charge in [-0.25, -0.2) is 0 Å². The summed E-state index contributed by atoms with van der Waals surface area (Å²) in [5.74, 6) is -2.33. The molecule has 1 unspecified atom stereocenters. The normalized spacial score (nSPS) is 12.0. The van der Waals surface area contributed by atoms with Crippen LogP contribution in [0.1, 0.15) is 11.5 Å². The highest BCUT2D eigenvalue weighted by Gasteiger charge is 2.22. The zero-order valence-corrected chi connectivity index (χ0v) is 8.83. The summed E-state index contributed by atoms with van der Waals surface area (Å²) in [5.41, 5.74) is 1.71. The number of aldehydes is 1. The van der Waals surface area contributed by atoms with Crippen molar-refractivity contribution in [2.45, 2.75) is 5.92 Å². The van der Waals surface area contributed by atoms with E-state index < -0.39 is 11.9 Å². The van der Waals surface area contributed by atoms with E-state index in [4.69, 9.17) is 5.11 Å². The van der Waals surface area contributed by atoms with Gasteiger partial charge in [-0.1, -0.05) is 24.3 Å². The minimum Gasteiger partial charge on any atom is -0.480 e. The molecule has 1 aromatic heterocycles. The fourth-order valence-electron chi connectivity index (χ4n) is 1.68. The first kappa shape index (κ1) is 11.1. The molecule has 0 saturated heterocycles. The second kappa shape index (κ2) is 4.61. The Morgan fingerprint density at radius 3 is 2.71 bits per heavy atom. The average molecular weight is 230 g/mol. The van der Waals surface area contributed by atoms with Crippen molar-refractivity contribution in [1.29, 1.82) is 0 Å². The highest BCUT2D eigenvalue weighted by Crippen LogP contribution is 2.27. The Morgan fingerprint density at radius 1 is 1.35 bits per heavy atom. The van der Waals surface area contributed by atoms with E-state index in [0.29, 0.717) is 23.1 Å². The Bertz CT molecular complexity index is 534. The van der Waals surface area contributed by atoms with Gasteiger partial charge in [0, 0.05) is 11.8 Å². The lowest BCUT2D eigenvalue weighted by atomic mass is 9.94. The van der Waals surface area contributed by atoms with Gasteiger partial charge in [0.2, 0.25) is 0 Å². The number of nitrogens with one attached hydrogen (secondary N) is 1. The number of hydrogen-bond acceptors (Lipinski definition) is 3. The van der Waals surface area contributed by atoms with Gasteiger partial charge < -0.3 is 9.90 Å². The molecule has 0 radical (unpaired) electrons. The molecule has 1 heterocycles. The molecular formula is C12H10N2O3. The van der Waals surface area contributed by atoms with Crippen molar-refractivity contribution in [3.63, 3.8) is 0 Å². The number of aromatic nitrogens is 2. The Morgan fingerprint density at radius 2 is 2.12 bits per heavy atom. The van der Waals surface area contributed by atoms with E-state index in [0.717, 1.165) is 0 Å². The summed E-state index contributed by atoms with van der Waals surface area (Å²) in [4.78, 5) is 21.9. The van der Waals surface area contributed by atoms with E-state index in [1.54, 1.807) is 36.5 Å². The molecule has 0 aliphatic rings. The molecule has 0 amide bonds. The van der Waals surface area contributed by atoms with Gasteiger partial charge in [0.25, 0.3) is 0 Å². The number of hydrogen-bond donors (Lipinski definition) is 2. The zero-order chi connectivity index (χ0) is 12.3. The standard InChI is InChI=1S/C12H10N2O3/c15-7-10(12(16)17)8-3-1-2-4-9(8)11-5-6-13-14-11/h1-7,10H,(H,13,14)(H,16,17). The van der Waals surface area contributed by atoms with Gasteiger partial charge in [0.05, 0.1) is 5.69 Å². The van der Waals surface area contributed by atoms with Crippen LogP contribution < -0.4 is 0 Å². The Hall–Kier alpha value is -2.43. The minimum atomic E-state index is -1.16. The molecule has 2 N–H and O–H groups in total. The van der Waals surface area contributed by atoms with Crippen LogP contribution in [0, 0.1) is 0 Å². The highest BCUT2D eigenvalue weighted by molar-refractivity contribution is 5.95. The Balaban J connectivity index is 2.54. The van der Waals surface area contributed by atoms with E-state index in [-0.39, 0.29) is 0 Å². The average Bonchev–Trinajstić information content (AvgIpc) is 2.83. The molecule has 0 fully saturated rings. The van der Waals surface area contributed by atoms with E-state index in [9.17, 15) is 9.59 Å². The van der Waals surface area contributed by atoms with Crippen LogP contribution in [0.15, 0.2) is 36.5 Å². The number of aliphatic carboxylic acids is 1. The van der Waals surface area contributed by atoms with Gasteiger partial charge in [-0.05, 0) is 11.6 Å². The van der Waals surface area contributed by atoms with Crippen LogP contribution in [0.5, 0.6) is 0 Å². The van der Waals surface area contributed by atoms with E-state index in [1.165, 1.54) is 0 Å². The van der Waals surface area contributed by atoms with Crippen molar-refractivity contribution in [1.82, 2.24) is 10.2 Å². The third kappa shape index (κ3) is 2.08. The topological polar surface area (TPSA) is 83.0 Å². The molecule has 2 aromatic rings.